The van der Waals surface area contributed by atoms with Crippen LogP contribution >= 0.6 is 11.3 Å². The lowest BCUT2D eigenvalue weighted by Crippen LogP contribution is -2.38. The number of hydrogen-bond acceptors (Lipinski definition) is 5. The van der Waals surface area contributed by atoms with Gasteiger partial charge in [-0.15, -0.1) is 11.3 Å². The number of fused-ring (bicyclic) bond motifs is 2. The van der Waals surface area contributed by atoms with Crippen molar-refractivity contribution in [2.75, 3.05) is 33.8 Å². The van der Waals surface area contributed by atoms with Crippen LogP contribution in [-0.2, 0) is 24.8 Å². The summed E-state index contributed by atoms with van der Waals surface area (Å²) in [7, 11) is 5.76. The molecular weight excluding hydrogens is 432 g/mol. The van der Waals surface area contributed by atoms with Crippen molar-refractivity contribution >= 4 is 38.4 Å². The van der Waals surface area contributed by atoms with Crippen LogP contribution in [0.2, 0.25) is 0 Å². The summed E-state index contributed by atoms with van der Waals surface area (Å²) < 4.78 is 8.61. The zero-order valence-electron chi connectivity index (χ0n) is 19.7. The molecule has 1 aromatic carbocycles. The minimum atomic E-state index is -0.157. The molecule has 33 heavy (non-hydrogen) atoms. The number of thiophene rings is 1. The molecule has 0 bridgehead atoms. The molecular formula is C26H30N4O2S. The highest BCUT2D eigenvalue weighted by molar-refractivity contribution is 7.20. The van der Waals surface area contributed by atoms with Crippen molar-refractivity contribution in [1.29, 1.82) is 0 Å². The molecule has 1 aliphatic heterocycles. The van der Waals surface area contributed by atoms with E-state index in [1.54, 1.807) is 25.2 Å². The van der Waals surface area contributed by atoms with Gasteiger partial charge in [0.1, 0.15) is 9.71 Å². The lowest BCUT2D eigenvalue weighted by molar-refractivity contribution is -0.0323. The first-order valence-electron chi connectivity index (χ1n) is 11.5. The number of carbonyl (C=O) groups excluding carboxylic acids is 1. The minimum absolute atomic E-state index is 0.0102. The molecule has 4 aromatic rings. The summed E-state index contributed by atoms with van der Waals surface area (Å²) in [6.45, 7) is 5.37. The van der Waals surface area contributed by atoms with Crippen molar-refractivity contribution in [3.63, 3.8) is 0 Å². The molecule has 0 saturated carbocycles. The van der Waals surface area contributed by atoms with Crippen LogP contribution in [0.25, 0.3) is 21.1 Å². The highest BCUT2D eigenvalue weighted by Gasteiger charge is 2.31. The third-order valence-corrected chi connectivity index (χ3v) is 7.76. The molecule has 0 aliphatic carbocycles. The lowest BCUT2D eigenvalue weighted by atomic mass is 10.0. The fraction of sp³-hybridized carbons (Fsp3) is 0.385. The first-order valence-corrected chi connectivity index (χ1v) is 12.3. The Bertz CT molecular complexity index is 1320. The second kappa shape index (κ2) is 8.89. The Kier molecular flexibility index (Phi) is 5.95. The van der Waals surface area contributed by atoms with Crippen molar-refractivity contribution in [2.45, 2.75) is 26.0 Å². The molecule has 6 nitrogen and oxygen atoms in total. The van der Waals surface area contributed by atoms with Crippen molar-refractivity contribution in [3.05, 3.63) is 64.3 Å². The second-order valence-electron chi connectivity index (χ2n) is 8.85. The third kappa shape index (κ3) is 3.84. The van der Waals surface area contributed by atoms with E-state index in [2.05, 4.69) is 58.8 Å². The number of nitrogens with zero attached hydrogens (tertiary/aromatic N) is 4. The number of para-hydroxylation sites is 1. The van der Waals surface area contributed by atoms with Crippen molar-refractivity contribution in [3.8, 4) is 0 Å². The summed E-state index contributed by atoms with van der Waals surface area (Å²) in [5.41, 5.74) is 5.05. The highest BCUT2D eigenvalue weighted by atomic mass is 32.1. The largest absolute Gasteiger partial charge is 0.371 e. The summed E-state index contributed by atoms with van der Waals surface area (Å²) in [5, 5.41) is 2.35. The Labute approximate surface area is 198 Å². The van der Waals surface area contributed by atoms with E-state index in [1.807, 2.05) is 6.07 Å². The SMILES string of the molecule is CCc1c(CN2CCO[C@H](c3c(C(=O)N(C)C)sc4ncccc34)C2)c2ccccc2n1C. The van der Waals surface area contributed by atoms with E-state index in [-0.39, 0.29) is 12.0 Å². The third-order valence-electron chi connectivity index (χ3n) is 6.64. The minimum Gasteiger partial charge on any atom is -0.371 e. The average molecular weight is 463 g/mol. The van der Waals surface area contributed by atoms with Crippen molar-refractivity contribution < 1.29 is 9.53 Å². The molecule has 0 unspecified atom stereocenters. The molecule has 1 amide bonds. The number of ether oxygens (including phenoxy) is 1. The number of amides is 1. The highest BCUT2D eigenvalue weighted by Crippen LogP contribution is 2.38. The van der Waals surface area contributed by atoms with Crippen LogP contribution < -0.4 is 0 Å². The average Bonchev–Trinajstić information content (AvgIpc) is 3.34. The van der Waals surface area contributed by atoms with Gasteiger partial charge in [-0.1, -0.05) is 31.2 Å². The Balaban J connectivity index is 1.50. The Morgan fingerprint density at radius 2 is 2.00 bits per heavy atom. The number of pyridine rings is 1. The number of aromatic nitrogens is 2. The summed E-state index contributed by atoms with van der Waals surface area (Å²) in [6, 6.07) is 12.7. The van der Waals surface area contributed by atoms with E-state index < -0.39 is 0 Å². The van der Waals surface area contributed by atoms with E-state index >= 15 is 0 Å². The molecule has 0 radical (unpaired) electrons. The van der Waals surface area contributed by atoms with E-state index in [0.717, 1.165) is 46.7 Å². The summed E-state index contributed by atoms with van der Waals surface area (Å²) in [5.74, 6) is 0.0102. The number of carbonyl (C=O) groups is 1. The van der Waals surface area contributed by atoms with Gasteiger partial charge in [-0.25, -0.2) is 4.98 Å². The van der Waals surface area contributed by atoms with Gasteiger partial charge in [-0.2, -0.15) is 0 Å². The van der Waals surface area contributed by atoms with Crippen molar-refractivity contribution in [1.82, 2.24) is 19.4 Å². The molecule has 1 aliphatic rings. The second-order valence-corrected chi connectivity index (χ2v) is 9.85. The van der Waals surface area contributed by atoms with Gasteiger partial charge < -0.3 is 14.2 Å². The number of benzene rings is 1. The zero-order valence-corrected chi connectivity index (χ0v) is 20.5. The van der Waals surface area contributed by atoms with E-state index in [0.29, 0.717) is 6.61 Å². The Morgan fingerprint density at radius 1 is 1.21 bits per heavy atom. The van der Waals surface area contributed by atoms with Gasteiger partial charge in [0.2, 0.25) is 0 Å². The molecule has 1 fully saturated rings. The smallest absolute Gasteiger partial charge is 0.263 e. The van der Waals surface area contributed by atoms with Gasteiger partial charge in [0.25, 0.3) is 5.91 Å². The van der Waals surface area contributed by atoms with E-state index in [4.69, 9.17) is 4.74 Å². The number of aryl methyl sites for hydroxylation is 1. The van der Waals surface area contributed by atoms with E-state index in [9.17, 15) is 4.79 Å². The molecule has 3 aromatic heterocycles. The van der Waals surface area contributed by atoms with Crippen LogP contribution in [0.1, 0.15) is 39.5 Å². The maximum Gasteiger partial charge on any atom is 0.263 e. The molecule has 1 saturated heterocycles. The predicted octanol–water partition coefficient (Wildman–Crippen LogP) is 4.63. The molecule has 172 valence electrons. The van der Waals surface area contributed by atoms with Crippen LogP contribution in [0.4, 0.5) is 0 Å². The first-order chi connectivity index (χ1) is 16.0. The van der Waals surface area contributed by atoms with Crippen LogP contribution in [-0.4, -0.2) is 59.0 Å². The van der Waals surface area contributed by atoms with Crippen LogP contribution in [0.15, 0.2) is 42.6 Å². The summed E-state index contributed by atoms with van der Waals surface area (Å²) in [6.07, 6.45) is 2.62. The van der Waals surface area contributed by atoms with E-state index in [1.165, 1.54) is 33.5 Å². The van der Waals surface area contributed by atoms with Crippen LogP contribution in [0.5, 0.6) is 0 Å². The van der Waals surface area contributed by atoms with Crippen LogP contribution in [0.3, 0.4) is 0 Å². The standard InChI is InChI=1S/C26H30N4O2S/c1-5-20-19(17-9-6-7-11-21(17)29(20)4)15-30-13-14-32-22(16-30)23-18-10-8-12-27-25(18)33-24(23)26(31)28(2)3/h6-12,22H,5,13-16H2,1-4H3/t22-/m0/s1. The summed E-state index contributed by atoms with van der Waals surface area (Å²) in [4.78, 5) is 23.3. The monoisotopic (exact) mass is 462 g/mol. The van der Waals surface area contributed by atoms with Gasteiger partial charge in [0, 0.05) is 74.5 Å². The van der Waals surface area contributed by atoms with Gasteiger partial charge in [-0.05, 0) is 24.1 Å². The number of rotatable bonds is 5. The van der Waals surface area contributed by atoms with Gasteiger partial charge in [0.05, 0.1) is 12.7 Å². The Morgan fingerprint density at radius 3 is 2.79 bits per heavy atom. The predicted molar refractivity (Wildman–Crippen MR) is 134 cm³/mol. The van der Waals surface area contributed by atoms with Crippen molar-refractivity contribution in [2.24, 2.45) is 7.05 Å². The fourth-order valence-electron chi connectivity index (χ4n) is 5.03. The summed E-state index contributed by atoms with van der Waals surface area (Å²) >= 11 is 1.47. The molecule has 7 heteroatoms. The number of morpholine rings is 1. The van der Waals surface area contributed by atoms with Gasteiger partial charge in [0.15, 0.2) is 0 Å². The molecule has 0 N–H and O–H groups in total. The first kappa shape index (κ1) is 22.1. The van der Waals surface area contributed by atoms with Gasteiger partial charge in [-0.3, -0.25) is 9.69 Å². The molecule has 0 spiro atoms. The lowest BCUT2D eigenvalue weighted by Gasteiger charge is -2.33. The topological polar surface area (TPSA) is 50.6 Å². The fourth-order valence-corrected chi connectivity index (χ4v) is 6.24. The van der Waals surface area contributed by atoms with Gasteiger partial charge >= 0.3 is 0 Å². The maximum atomic E-state index is 13.0. The number of hydrogen-bond donors (Lipinski definition) is 0. The Hall–Kier alpha value is -2.74. The quantitative estimate of drug-likeness (QED) is 0.434. The zero-order chi connectivity index (χ0) is 23.1. The van der Waals surface area contributed by atoms with Crippen LogP contribution in [0, 0.1) is 0 Å². The molecule has 1 atom stereocenters. The molecule has 5 rings (SSSR count). The maximum absolute atomic E-state index is 13.0. The molecule has 4 heterocycles. The normalized spacial score (nSPS) is 17.2.